The van der Waals surface area contributed by atoms with Gasteiger partial charge in [-0.3, -0.25) is 35.2 Å². The zero-order valence-electron chi connectivity index (χ0n) is 40.5. The molecule has 0 bridgehead atoms. The minimum Gasteiger partial charge on any atom is -0.400 e. The fourth-order valence-corrected chi connectivity index (χ4v) is 4.39. The molecular weight excluding hydrogens is 803 g/mol. The monoisotopic (exact) mass is 880 g/mol. The lowest BCUT2D eigenvalue weighted by Gasteiger charge is -2.16. The van der Waals surface area contributed by atoms with Crippen molar-refractivity contribution in [2.45, 2.75) is 81.4 Å². The number of nitro benzene ring substituents is 3. The van der Waals surface area contributed by atoms with Crippen LogP contribution in [0.15, 0.2) is 116 Å². The number of hydrogen-bond acceptors (Lipinski definition) is 11. The standard InChI is InChI=1S/C10H12N2O2.C8H7N.2C7H7NO2.C5H13NO.C4H9N.3C2H6.CH4O/c1-11(2)8-7-9-5-3-4-6-10(9)12(13)14;1-2-4-8-7(3-1)5-6-9-8;2*1-6-4-2-3-5-7(6)8(9)10;1-5(7-4)6(2)3;1-2-4-5-3-1;4*1-2/h3-8H,1-2H3;1-6,9H;2*2-5H,1H3;5H,1-4H3;5H,1-4H2;3*1-2H3;2H,1H3/b8-7+;;;;;;;;;. The summed E-state index contributed by atoms with van der Waals surface area (Å²) in [5.74, 6) is 0. The molecule has 6 rings (SSSR count). The van der Waals surface area contributed by atoms with Crippen molar-refractivity contribution in [2.75, 3.05) is 55.5 Å². The molecule has 1 aliphatic rings. The van der Waals surface area contributed by atoms with Gasteiger partial charge >= 0.3 is 0 Å². The van der Waals surface area contributed by atoms with E-state index in [0.29, 0.717) is 16.7 Å². The van der Waals surface area contributed by atoms with Gasteiger partial charge in [0.2, 0.25) is 0 Å². The highest BCUT2D eigenvalue weighted by molar-refractivity contribution is 5.78. The fraction of sp³-hybridized carbons (Fsp3) is 0.417. The number of fused-ring (bicyclic) bond motifs is 1. The lowest BCUT2D eigenvalue weighted by Crippen LogP contribution is -2.25. The van der Waals surface area contributed by atoms with Gasteiger partial charge in [0.25, 0.3) is 17.1 Å². The van der Waals surface area contributed by atoms with Gasteiger partial charge in [-0.1, -0.05) is 108 Å². The van der Waals surface area contributed by atoms with E-state index < -0.39 is 0 Å². The molecule has 1 saturated heterocycles. The van der Waals surface area contributed by atoms with E-state index in [-0.39, 0.29) is 38.1 Å². The Balaban J connectivity index is -0.000000327. The van der Waals surface area contributed by atoms with Crippen LogP contribution in [0, 0.1) is 44.2 Å². The van der Waals surface area contributed by atoms with Crippen molar-refractivity contribution in [1.29, 1.82) is 0 Å². The smallest absolute Gasteiger partial charge is 0.276 e. The minimum atomic E-state index is -0.380. The van der Waals surface area contributed by atoms with Crippen molar-refractivity contribution < 1.29 is 24.6 Å². The summed E-state index contributed by atoms with van der Waals surface area (Å²) < 4.78 is 4.94. The molecular formula is C48H77N7O8. The second-order valence-corrected chi connectivity index (χ2v) is 12.5. The summed E-state index contributed by atoms with van der Waals surface area (Å²) in [5.41, 5.74) is 3.72. The van der Waals surface area contributed by atoms with Gasteiger partial charge in [-0.2, -0.15) is 0 Å². The quantitative estimate of drug-likeness (QED) is 0.0800. The molecule has 63 heavy (non-hydrogen) atoms. The van der Waals surface area contributed by atoms with E-state index in [1.54, 1.807) is 87.8 Å². The number of aliphatic hydroxyl groups is 1. The van der Waals surface area contributed by atoms with Crippen LogP contribution in [-0.4, -0.2) is 96.4 Å². The molecule has 1 aliphatic heterocycles. The molecule has 0 aliphatic carbocycles. The van der Waals surface area contributed by atoms with Crippen LogP contribution in [0.4, 0.5) is 17.1 Å². The van der Waals surface area contributed by atoms with E-state index in [4.69, 9.17) is 9.84 Å². The van der Waals surface area contributed by atoms with Crippen LogP contribution in [0.1, 0.15) is 78.0 Å². The van der Waals surface area contributed by atoms with Crippen molar-refractivity contribution in [2.24, 2.45) is 0 Å². The highest BCUT2D eigenvalue weighted by Crippen LogP contribution is 2.19. The summed E-state index contributed by atoms with van der Waals surface area (Å²) in [6, 6.07) is 30.2. The Labute approximate surface area is 377 Å². The van der Waals surface area contributed by atoms with Gasteiger partial charge in [-0.25, -0.2) is 0 Å². The molecule has 5 aromatic rings. The molecule has 1 aromatic heterocycles. The van der Waals surface area contributed by atoms with E-state index in [1.165, 1.54) is 55.0 Å². The first-order chi connectivity index (χ1) is 30.2. The lowest BCUT2D eigenvalue weighted by atomic mass is 10.2. The third-order valence-corrected chi connectivity index (χ3v) is 7.80. The number of benzene rings is 4. The van der Waals surface area contributed by atoms with Gasteiger partial charge in [0, 0.05) is 69.4 Å². The van der Waals surface area contributed by atoms with E-state index in [0.717, 1.165) is 7.11 Å². The molecule has 0 spiro atoms. The van der Waals surface area contributed by atoms with Gasteiger partial charge in [0.1, 0.15) is 6.23 Å². The second-order valence-electron chi connectivity index (χ2n) is 12.5. The summed E-state index contributed by atoms with van der Waals surface area (Å²) in [5, 5.41) is 42.6. The zero-order chi connectivity index (χ0) is 49.2. The van der Waals surface area contributed by atoms with Crippen molar-refractivity contribution >= 4 is 34.0 Å². The van der Waals surface area contributed by atoms with Crippen LogP contribution >= 0.6 is 0 Å². The maximum Gasteiger partial charge on any atom is 0.276 e. The molecule has 0 radical (unpaired) electrons. The number of para-hydroxylation sites is 4. The third-order valence-electron chi connectivity index (χ3n) is 7.80. The van der Waals surface area contributed by atoms with Crippen LogP contribution in [0.2, 0.25) is 0 Å². The number of aromatic nitrogens is 1. The van der Waals surface area contributed by atoms with Crippen molar-refractivity contribution in [3.63, 3.8) is 0 Å². The first kappa shape index (κ1) is 63.6. The maximum absolute atomic E-state index is 10.6. The van der Waals surface area contributed by atoms with Crippen LogP contribution in [-0.2, 0) is 4.74 Å². The number of ether oxygens (including phenoxy) is 1. The molecule has 4 aromatic carbocycles. The highest BCUT2D eigenvalue weighted by Gasteiger charge is 2.09. The largest absolute Gasteiger partial charge is 0.400 e. The van der Waals surface area contributed by atoms with Crippen molar-refractivity contribution in [3.8, 4) is 0 Å². The Bertz CT molecular complexity index is 1800. The van der Waals surface area contributed by atoms with Crippen LogP contribution < -0.4 is 5.32 Å². The topological polar surface area (TPSA) is 193 Å². The van der Waals surface area contributed by atoms with Gasteiger partial charge in [-0.15, -0.1) is 0 Å². The summed E-state index contributed by atoms with van der Waals surface area (Å²) in [7, 11) is 10.4. The SMILES string of the molecule is C1CCNC1.CC.CC.CC.CN(C)/C=C/c1ccccc1[N+](=O)[O-].CO.COC(C)N(C)C.Cc1ccccc1[N+](=O)[O-].Cc1ccccc1[N+](=O)[O-].c1ccc2[nH]ccc2c1. The van der Waals surface area contributed by atoms with Gasteiger partial charge in [-0.05, 0) is 96.7 Å². The van der Waals surface area contributed by atoms with Crippen LogP contribution in [0.25, 0.3) is 17.0 Å². The Morgan fingerprint density at radius 2 is 1.03 bits per heavy atom. The Morgan fingerprint density at radius 3 is 1.35 bits per heavy atom. The van der Waals surface area contributed by atoms with E-state index in [2.05, 4.69) is 28.5 Å². The fourth-order valence-electron chi connectivity index (χ4n) is 4.39. The minimum absolute atomic E-state index is 0.130. The molecule has 3 N–H and O–H groups in total. The molecule has 0 saturated carbocycles. The van der Waals surface area contributed by atoms with Gasteiger partial charge in [0.05, 0.1) is 20.3 Å². The highest BCUT2D eigenvalue weighted by atomic mass is 16.6. The average molecular weight is 880 g/mol. The van der Waals surface area contributed by atoms with Crippen LogP contribution in [0.5, 0.6) is 0 Å². The number of nitro groups is 3. The molecule has 15 heteroatoms. The Morgan fingerprint density at radius 1 is 0.635 bits per heavy atom. The molecule has 0 amide bonds. The molecule has 15 nitrogen and oxygen atoms in total. The zero-order valence-corrected chi connectivity index (χ0v) is 40.5. The van der Waals surface area contributed by atoms with E-state index >= 15 is 0 Å². The number of aryl methyl sites for hydroxylation is 2. The number of aromatic amines is 1. The predicted molar refractivity (Wildman–Crippen MR) is 264 cm³/mol. The number of rotatable bonds is 7. The first-order valence-corrected chi connectivity index (χ1v) is 21.0. The number of hydrogen-bond donors (Lipinski definition) is 3. The number of nitrogens with zero attached hydrogens (tertiary/aromatic N) is 5. The van der Waals surface area contributed by atoms with Gasteiger partial charge < -0.3 is 25.0 Å². The normalized spacial score (nSPS) is 10.7. The molecule has 1 atom stereocenters. The second kappa shape index (κ2) is 42.7. The molecule has 2 heterocycles. The van der Waals surface area contributed by atoms with Gasteiger partial charge in [0.15, 0.2) is 0 Å². The summed E-state index contributed by atoms with van der Waals surface area (Å²) in [6.07, 6.45) is 8.46. The molecule has 1 fully saturated rings. The number of nitrogens with one attached hydrogen (secondary N) is 2. The van der Waals surface area contributed by atoms with Crippen molar-refractivity contribution in [1.82, 2.24) is 20.1 Å². The van der Waals surface area contributed by atoms with Crippen molar-refractivity contribution in [3.05, 3.63) is 163 Å². The predicted octanol–water partition coefficient (Wildman–Crippen LogP) is 11.7. The lowest BCUT2D eigenvalue weighted by molar-refractivity contribution is -0.385. The third kappa shape index (κ3) is 31.5. The number of aliphatic hydroxyl groups excluding tert-OH is 1. The summed E-state index contributed by atoms with van der Waals surface area (Å²) in [4.78, 5) is 36.9. The van der Waals surface area contributed by atoms with E-state index in [1.807, 2.05) is 105 Å². The number of H-pyrrole nitrogens is 1. The molecule has 352 valence electrons. The Kier molecular flexibility index (Phi) is 43.1. The number of methoxy groups -OCH3 is 1. The first-order valence-electron chi connectivity index (χ1n) is 21.0. The summed E-state index contributed by atoms with van der Waals surface area (Å²) >= 11 is 0. The average Bonchev–Trinajstić information content (AvgIpc) is 4.06. The van der Waals surface area contributed by atoms with Crippen LogP contribution in [0.3, 0.4) is 0 Å². The maximum atomic E-state index is 10.6. The Hall–Kier alpha value is -6.00. The summed E-state index contributed by atoms with van der Waals surface area (Å²) in [6.45, 7) is 19.9. The molecule has 1 unspecified atom stereocenters. The van der Waals surface area contributed by atoms with E-state index in [9.17, 15) is 30.3 Å².